The van der Waals surface area contributed by atoms with Crippen LogP contribution >= 0.6 is 11.6 Å². The number of amides is 1. The Morgan fingerprint density at radius 1 is 1.13 bits per heavy atom. The molecule has 0 aromatic heterocycles. The smallest absolute Gasteiger partial charge is 0.225 e. The van der Waals surface area contributed by atoms with E-state index in [0.717, 1.165) is 5.56 Å². The van der Waals surface area contributed by atoms with Crippen LogP contribution in [0, 0.1) is 0 Å². The number of carbonyl (C=O) groups excluding carboxylic acids is 1. The van der Waals surface area contributed by atoms with E-state index in [1.54, 1.807) is 12.1 Å². The molecule has 0 saturated carbocycles. The molecule has 0 saturated heterocycles. The summed E-state index contributed by atoms with van der Waals surface area (Å²) in [5.41, 5.74) is 1.66. The zero-order valence-electron chi connectivity index (χ0n) is 13.4. The fraction of sp³-hybridized carbons (Fsp3) is 0.278. The van der Waals surface area contributed by atoms with Gasteiger partial charge in [-0.3, -0.25) is 4.79 Å². The molecule has 23 heavy (non-hydrogen) atoms. The first-order valence-electron chi connectivity index (χ1n) is 7.31. The first-order valence-corrected chi connectivity index (χ1v) is 7.69. The fourth-order valence-corrected chi connectivity index (χ4v) is 2.58. The van der Waals surface area contributed by atoms with Gasteiger partial charge in [0, 0.05) is 12.5 Å². The zero-order valence-corrected chi connectivity index (χ0v) is 14.2. The van der Waals surface area contributed by atoms with E-state index >= 15 is 0 Å². The van der Waals surface area contributed by atoms with Gasteiger partial charge in [-0.25, -0.2) is 0 Å². The molecule has 0 bridgehead atoms. The van der Waals surface area contributed by atoms with E-state index in [-0.39, 0.29) is 11.8 Å². The number of carbonyl (C=O) groups is 1. The Labute approximate surface area is 141 Å². The van der Waals surface area contributed by atoms with Gasteiger partial charge < -0.3 is 14.8 Å². The quantitative estimate of drug-likeness (QED) is 0.847. The maximum absolute atomic E-state index is 12.3. The van der Waals surface area contributed by atoms with Crippen molar-refractivity contribution in [2.75, 3.05) is 19.5 Å². The molecule has 0 aliphatic heterocycles. The molecular formula is C18H20ClNO3. The van der Waals surface area contributed by atoms with E-state index in [2.05, 4.69) is 5.32 Å². The summed E-state index contributed by atoms with van der Waals surface area (Å²) < 4.78 is 10.4. The number of ether oxygens (including phenoxy) is 2. The lowest BCUT2D eigenvalue weighted by molar-refractivity contribution is -0.116. The minimum atomic E-state index is -0.0964. The van der Waals surface area contributed by atoms with Crippen molar-refractivity contribution in [2.24, 2.45) is 0 Å². The maximum Gasteiger partial charge on any atom is 0.225 e. The van der Waals surface area contributed by atoms with Gasteiger partial charge in [-0.2, -0.15) is 0 Å². The van der Waals surface area contributed by atoms with Gasteiger partial charge in [0.1, 0.15) is 11.5 Å². The van der Waals surface area contributed by atoms with E-state index in [1.165, 1.54) is 14.2 Å². The molecule has 2 rings (SSSR count). The van der Waals surface area contributed by atoms with Gasteiger partial charge in [-0.05, 0) is 17.5 Å². The van der Waals surface area contributed by atoms with Crippen LogP contribution in [-0.4, -0.2) is 20.1 Å². The molecule has 0 unspecified atom stereocenters. The van der Waals surface area contributed by atoms with Crippen LogP contribution in [0.2, 0.25) is 5.02 Å². The summed E-state index contributed by atoms with van der Waals surface area (Å²) in [6, 6.07) is 13.2. The van der Waals surface area contributed by atoms with E-state index in [9.17, 15) is 4.79 Å². The zero-order chi connectivity index (χ0) is 16.8. The third-order valence-electron chi connectivity index (χ3n) is 3.61. The van der Waals surface area contributed by atoms with E-state index in [4.69, 9.17) is 21.1 Å². The molecule has 2 aromatic carbocycles. The number of halogens is 1. The Morgan fingerprint density at radius 2 is 1.78 bits per heavy atom. The van der Waals surface area contributed by atoms with Crippen molar-refractivity contribution < 1.29 is 14.3 Å². The molecule has 0 spiro atoms. The van der Waals surface area contributed by atoms with Crippen molar-refractivity contribution in [1.29, 1.82) is 0 Å². The van der Waals surface area contributed by atoms with Crippen LogP contribution in [0.1, 0.15) is 24.8 Å². The van der Waals surface area contributed by atoms with Crippen LogP contribution < -0.4 is 14.8 Å². The minimum absolute atomic E-state index is 0.0964. The molecule has 0 heterocycles. The minimum Gasteiger partial charge on any atom is -0.495 e. The molecule has 0 aliphatic carbocycles. The molecule has 2 aromatic rings. The van der Waals surface area contributed by atoms with Gasteiger partial charge in [-0.15, -0.1) is 0 Å². The van der Waals surface area contributed by atoms with Crippen LogP contribution in [0.4, 0.5) is 5.69 Å². The molecule has 1 N–H and O–H groups in total. The summed E-state index contributed by atoms with van der Waals surface area (Å²) in [7, 11) is 3.06. The van der Waals surface area contributed by atoms with Gasteiger partial charge in [0.2, 0.25) is 5.91 Å². The molecule has 0 fully saturated rings. The Hall–Kier alpha value is -2.20. The summed E-state index contributed by atoms with van der Waals surface area (Å²) in [4.78, 5) is 12.3. The predicted octanol–water partition coefficient (Wildman–Crippen LogP) is 4.49. The number of anilines is 1. The van der Waals surface area contributed by atoms with E-state index in [1.807, 2.05) is 37.3 Å². The molecule has 5 heteroatoms. The number of benzene rings is 2. The highest BCUT2D eigenvalue weighted by atomic mass is 35.5. The highest BCUT2D eigenvalue weighted by Gasteiger charge is 2.15. The lowest BCUT2D eigenvalue weighted by atomic mass is 9.97. The number of nitrogens with one attached hydrogen (secondary N) is 1. The molecule has 4 nitrogen and oxygen atoms in total. The predicted molar refractivity (Wildman–Crippen MR) is 92.7 cm³/mol. The second-order valence-corrected chi connectivity index (χ2v) is 5.66. The van der Waals surface area contributed by atoms with Crippen LogP contribution in [0.25, 0.3) is 0 Å². The van der Waals surface area contributed by atoms with Crippen LogP contribution in [-0.2, 0) is 4.79 Å². The summed E-state index contributed by atoms with van der Waals surface area (Å²) in [5.74, 6) is 1.03. The van der Waals surface area contributed by atoms with Gasteiger partial charge in [-0.1, -0.05) is 48.9 Å². The third-order valence-corrected chi connectivity index (χ3v) is 3.90. The van der Waals surface area contributed by atoms with E-state index in [0.29, 0.717) is 28.6 Å². The van der Waals surface area contributed by atoms with Crippen LogP contribution in [0.5, 0.6) is 11.5 Å². The summed E-state index contributed by atoms with van der Waals surface area (Å²) in [6.45, 7) is 2.02. The van der Waals surface area contributed by atoms with Crippen molar-refractivity contribution in [1.82, 2.24) is 0 Å². The average molecular weight is 334 g/mol. The van der Waals surface area contributed by atoms with Crippen molar-refractivity contribution >= 4 is 23.2 Å². The van der Waals surface area contributed by atoms with Crippen molar-refractivity contribution in [2.45, 2.75) is 19.3 Å². The molecule has 122 valence electrons. The monoisotopic (exact) mass is 333 g/mol. The third kappa shape index (κ3) is 4.39. The molecule has 1 atom stereocenters. The number of hydrogen-bond donors (Lipinski definition) is 1. The summed E-state index contributed by atoms with van der Waals surface area (Å²) >= 11 is 6.11. The topological polar surface area (TPSA) is 47.6 Å². The second kappa shape index (κ2) is 7.88. The van der Waals surface area contributed by atoms with Gasteiger partial charge in [0.15, 0.2) is 0 Å². The lowest BCUT2D eigenvalue weighted by Crippen LogP contribution is -2.15. The second-order valence-electron chi connectivity index (χ2n) is 5.25. The SMILES string of the molecule is COc1cc(OC)c(NC(=O)C[C@H](C)c2ccccc2)cc1Cl. The van der Waals surface area contributed by atoms with E-state index < -0.39 is 0 Å². The van der Waals surface area contributed by atoms with Gasteiger partial charge in [0.25, 0.3) is 0 Å². The summed E-state index contributed by atoms with van der Waals surface area (Å²) in [5, 5.41) is 3.27. The largest absolute Gasteiger partial charge is 0.495 e. The van der Waals surface area contributed by atoms with Crippen LogP contribution in [0.15, 0.2) is 42.5 Å². The highest BCUT2D eigenvalue weighted by molar-refractivity contribution is 6.32. The average Bonchev–Trinajstić information content (AvgIpc) is 2.55. The van der Waals surface area contributed by atoms with Gasteiger partial charge in [0.05, 0.1) is 24.9 Å². The standard InChI is InChI=1S/C18H20ClNO3/c1-12(13-7-5-4-6-8-13)9-18(21)20-15-10-14(19)16(22-2)11-17(15)23-3/h4-8,10-12H,9H2,1-3H3,(H,20,21)/t12-/m0/s1. The Balaban J connectivity index is 2.09. The molecular weight excluding hydrogens is 314 g/mol. The Bertz CT molecular complexity index is 673. The normalized spacial score (nSPS) is 11.7. The summed E-state index contributed by atoms with van der Waals surface area (Å²) in [6.07, 6.45) is 0.372. The van der Waals surface area contributed by atoms with Crippen molar-refractivity contribution in [3.63, 3.8) is 0 Å². The molecule has 0 aliphatic rings. The number of methoxy groups -OCH3 is 2. The van der Waals surface area contributed by atoms with Gasteiger partial charge >= 0.3 is 0 Å². The first-order chi connectivity index (χ1) is 11.0. The van der Waals surface area contributed by atoms with Crippen LogP contribution in [0.3, 0.4) is 0 Å². The van der Waals surface area contributed by atoms with Crippen molar-refractivity contribution in [3.05, 3.63) is 53.1 Å². The highest BCUT2D eigenvalue weighted by Crippen LogP contribution is 2.36. The molecule has 1 amide bonds. The Morgan fingerprint density at radius 3 is 2.39 bits per heavy atom. The first kappa shape index (κ1) is 17.2. The Kier molecular flexibility index (Phi) is 5.88. The lowest BCUT2D eigenvalue weighted by Gasteiger charge is -2.15. The number of hydrogen-bond acceptors (Lipinski definition) is 3. The van der Waals surface area contributed by atoms with Crippen molar-refractivity contribution in [3.8, 4) is 11.5 Å². The number of rotatable bonds is 6. The molecule has 0 radical (unpaired) electrons. The maximum atomic E-state index is 12.3. The fourth-order valence-electron chi connectivity index (χ4n) is 2.34.